The summed E-state index contributed by atoms with van der Waals surface area (Å²) in [4.78, 5) is 42.9. The number of benzene rings is 4. The number of fused-ring (bicyclic) bond motifs is 6. The van der Waals surface area contributed by atoms with Crippen LogP contribution in [-0.2, 0) is 10.2 Å². The molecule has 1 unspecified atom stereocenters. The predicted molar refractivity (Wildman–Crippen MR) is 151 cm³/mol. The van der Waals surface area contributed by atoms with Gasteiger partial charge in [0, 0.05) is 27.9 Å². The summed E-state index contributed by atoms with van der Waals surface area (Å²) in [6.45, 7) is 0. The molecule has 3 aliphatic rings. The highest BCUT2D eigenvalue weighted by Crippen LogP contribution is 2.57. The van der Waals surface area contributed by atoms with Gasteiger partial charge in [-0.25, -0.2) is 4.68 Å². The van der Waals surface area contributed by atoms with Crippen molar-refractivity contribution in [3.05, 3.63) is 143 Å². The van der Waals surface area contributed by atoms with Crippen LogP contribution < -0.4 is 10.6 Å². The molecule has 1 spiro atoms. The number of aromatic nitrogens is 2. The number of carbonyl (C=O) groups excluding carboxylic acids is 3. The smallest absolute Gasteiger partial charge is 0.246 e. The minimum Gasteiger partial charge on any atom is -0.349 e. The Labute approximate surface area is 228 Å². The van der Waals surface area contributed by atoms with Crippen molar-refractivity contribution in [1.29, 1.82) is 0 Å². The van der Waals surface area contributed by atoms with Crippen LogP contribution in [0.4, 0.5) is 11.4 Å². The number of para-hydroxylation sites is 2. The highest BCUT2D eigenvalue weighted by Gasteiger charge is 2.61. The Morgan fingerprint density at radius 1 is 0.650 bits per heavy atom. The second-order valence-electron chi connectivity index (χ2n) is 10.0. The average molecular weight is 521 g/mol. The number of rotatable bonds is 2. The fraction of sp³-hybridized carbons (Fsp3) is 0.0303. The molecule has 8 rings (SSSR count). The molecular weight excluding hydrogens is 500 g/mol. The minimum atomic E-state index is -1.62. The van der Waals surface area contributed by atoms with E-state index < -0.39 is 11.3 Å². The van der Waals surface area contributed by atoms with Gasteiger partial charge in [-0.05, 0) is 18.2 Å². The zero-order valence-electron chi connectivity index (χ0n) is 21.0. The summed E-state index contributed by atoms with van der Waals surface area (Å²) in [7, 11) is 0. The van der Waals surface area contributed by atoms with E-state index in [0.29, 0.717) is 33.9 Å². The highest BCUT2D eigenvalue weighted by atomic mass is 16.2. The normalized spacial score (nSPS) is 18.6. The fourth-order valence-electron chi connectivity index (χ4n) is 6.27. The molecule has 5 aromatic rings. The van der Waals surface area contributed by atoms with Crippen molar-refractivity contribution in [2.45, 2.75) is 5.41 Å². The summed E-state index contributed by atoms with van der Waals surface area (Å²) in [5.41, 5.74) is 3.48. The van der Waals surface area contributed by atoms with E-state index in [9.17, 15) is 14.4 Å². The summed E-state index contributed by atoms with van der Waals surface area (Å²) < 4.78 is 1.73. The summed E-state index contributed by atoms with van der Waals surface area (Å²) in [5.74, 6) is -1.10. The Morgan fingerprint density at radius 2 is 1.27 bits per heavy atom. The number of amides is 1. The van der Waals surface area contributed by atoms with Crippen molar-refractivity contribution in [2.75, 3.05) is 10.6 Å². The van der Waals surface area contributed by atoms with E-state index >= 15 is 0 Å². The Morgan fingerprint density at radius 3 is 2.02 bits per heavy atom. The molecule has 0 bridgehead atoms. The van der Waals surface area contributed by atoms with Crippen LogP contribution in [0.15, 0.2) is 120 Å². The van der Waals surface area contributed by atoms with Crippen LogP contribution in [0.1, 0.15) is 32.0 Å². The molecular formula is C33H20N4O3. The molecule has 0 saturated heterocycles. The van der Waals surface area contributed by atoms with Crippen LogP contribution in [0.5, 0.6) is 0 Å². The Balaban J connectivity index is 1.55. The first kappa shape index (κ1) is 22.4. The maximum atomic E-state index is 14.4. The first-order valence-corrected chi connectivity index (χ1v) is 13.0. The number of hydrogen-bond donors (Lipinski definition) is 2. The lowest BCUT2D eigenvalue weighted by Crippen LogP contribution is -2.48. The van der Waals surface area contributed by atoms with Crippen molar-refractivity contribution < 1.29 is 14.4 Å². The number of hydrogen-bond acceptors (Lipinski definition) is 5. The molecule has 1 amide bonds. The van der Waals surface area contributed by atoms with Gasteiger partial charge in [-0.2, -0.15) is 5.10 Å². The van der Waals surface area contributed by atoms with Gasteiger partial charge < -0.3 is 10.6 Å². The van der Waals surface area contributed by atoms with Crippen LogP contribution in [0, 0.1) is 0 Å². The molecule has 0 fully saturated rings. The zero-order valence-corrected chi connectivity index (χ0v) is 21.0. The molecule has 2 aliphatic heterocycles. The standard InChI is InChI=1S/C33H20N4O3/c38-29-21-15-7-8-16-22(21)30(39)27-25(29)33(23-17-9-10-18-24(23)34-32(33)40)31-28(35-27)26(19-11-3-1-4-12-19)36-37(31)20-13-5-2-6-14-20/h1-18,35H,(H,34,40). The fourth-order valence-corrected chi connectivity index (χ4v) is 6.27. The van der Waals surface area contributed by atoms with E-state index in [-0.39, 0.29) is 28.4 Å². The molecule has 7 nitrogen and oxygen atoms in total. The number of ketones is 2. The second kappa shape index (κ2) is 7.97. The summed E-state index contributed by atoms with van der Waals surface area (Å²) >= 11 is 0. The Kier molecular flexibility index (Phi) is 4.47. The Hall–Kier alpha value is -5.56. The molecule has 1 aromatic heterocycles. The molecule has 0 radical (unpaired) electrons. The van der Waals surface area contributed by atoms with E-state index in [4.69, 9.17) is 5.10 Å². The van der Waals surface area contributed by atoms with Crippen LogP contribution in [-0.4, -0.2) is 27.3 Å². The number of nitrogens with zero attached hydrogens (tertiary/aromatic N) is 2. The summed E-state index contributed by atoms with van der Waals surface area (Å²) in [6.07, 6.45) is 0. The molecule has 3 heterocycles. The van der Waals surface area contributed by atoms with Gasteiger partial charge in [0.2, 0.25) is 11.7 Å². The van der Waals surface area contributed by atoms with Crippen molar-refractivity contribution >= 4 is 28.8 Å². The third-order valence-corrected chi connectivity index (χ3v) is 7.95. The predicted octanol–water partition coefficient (Wildman–Crippen LogP) is 5.54. The Bertz CT molecular complexity index is 1960. The van der Waals surface area contributed by atoms with Gasteiger partial charge in [-0.1, -0.05) is 91.0 Å². The first-order valence-electron chi connectivity index (χ1n) is 13.0. The van der Waals surface area contributed by atoms with Crippen LogP contribution >= 0.6 is 0 Å². The molecule has 2 N–H and O–H groups in total. The van der Waals surface area contributed by atoms with Crippen molar-refractivity contribution in [1.82, 2.24) is 9.78 Å². The SMILES string of the molecule is O=C1C2=C(C(=O)c3ccccc31)C1(C(=O)Nc3ccccc31)c1c(c(-c3ccccc3)nn1-c1ccccc1)N2. The second-order valence-corrected chi connectivity index (χ2v) is 10.0. The van der Waals surface area contributed by atoms with Crippen LogP contribution in [0.25, 0.3) is 16.9 Å². The van der Waals surface area contributed by atoms with Gasteiger partial charge in [0.25, 0.3) is 0 Å². The van der Waals surface area contributed by atoms with E-state index in [0.717, 1.165) is 11.3 Å². The molecule has 4 aromatic carbocycles. The monoisotopic (exact) mass is 520 g/mol. The van der Waals surface area contributed by atoms with Gasteiger partial charge in [0.05, 0.1) is 28.3 Å². The molecule has 40 heavy (non-hydrogen) atoms. The number of anilines is 2. The van der Waals surface area contributed by atoms with Gasteiger partial charge in [-0.15, -0.1) is 0 Å². The van der Waals surface area contributed by atoms with Crippen LogP contribution in [0.3, 0.4) is 0 Å². The van der Waals surface area contributed by atoms with Gasteiger partial charge in [0.15, 0.2) is 11.2 Å². The van der Waals surface area contributed by atoms with Crippen molar-refractivity contribution in [3.63, 3.8) is 0 Å². The maximum Gasteiger partial charge on any atom is 0.246 e. The minimum absolute atomic E-state index is 0.104. The molecule has 0 saturated carbocycles. The molecule has 1 atom stereocenters. The lowest BCUT2D eigenvalue weighted by Gasteiger charge is -2.38. The lowest BCUT2D eigenvalue weighted by molar-refractivity contribution is -0.118. The van der Waals surface area contributed by atoms with Gasteiger partial charge in [0.1, 0.15) is 5.69 Å². The van der Waals surface area contributed by atoms with Gasteiger partial charge >= 0.3 is 0 Å². The highest BCUT2D eigenvalue weighted by molar-refractivity contribution is 6.33. The van der Waals surface area contributed by atoms with Crippen LogP contribution in [0.2, 0.25) is 0 Å². The summed E-state index contributed by atoms with van der Waals surface area (Å²) in [5, 5.41) is 11.4. The number of carbonyl (C=O) groups is 3. The lowest BCUT2D eigenvalue weighted by atomic mass is 9.64. The molecule has 1 aliphatic carbocycles. The summed E-state index contributed by atoms with van der Waals surface area (Å²) in [6, 6.07) is 33.2. The number of Topliss-reactive ketones (excluding diaryl/α,β-unsaturated/α-hetero) is 2. The van der Waals surface area contributed by atoms with Crippen molar-refractivity contribution in [3.8, 4) is 16.9 Å². The van der Waals surface area contributed by atoms with E-state index in [2.05, 4.69) is 10.6 Å². The first-order chi connectivity index (χ1) is 19.6. The number of allylic oxidation sites excluding steroid dienone is 1. The zero-order chi connectivity index (χ0) is 27.0. The molecule has 190 valence electrons. The molecule has 7 heteroatoms. The van der Waals surface area contributed by atoms with Gasteiger partial charge in [-0.3, -0.25) is 14.4 Å². The van der Waals surface area contributed by atoms with E-state index in [1.165, 1.54) is 0 Å². The average Bonchev–Trinajstić information content (AvgIpc) is 3.53. The maximum absolute atomic E-state index is 14.4. The van der Waals surface area contributed by atoms with E-state index in [1.54, 1.807) is 28.9 Å². The third-order valence-electron chi connectivity index (χ3n) is 7.95. The largest absolute Gasteiger partial charge is 0.349 e. The quantitative estimate of drug-likeness (QED) is 0.319. The number of nitrogens with one attached hydrogen (secondary N) is 2. The topological polar surface area (TPSA) is 93.1 Å². The third kappa shape index (κ3) is 2.73. The van der Waals surface area contributed by atoms with Crippen molar-refractivity contribution in [2.24, 2.45) is 0 Å². The van der Waals surface area contributed by atoms with E-state index in [1.807, 2.05) is 84.9 Å².